The van der Waals surface area contributed by atoms with E-state index < -0.39 is 12.1 Å². The van der Waals surface area contributed by atoms with Crippen LogP contribution in [0.1, 0.15) is 22.3 Å². The molecule has 1 aromatic carbocycles. The fraction of sp³-hybridized carbons (Fsp3) is 0.429. The summed E-state index contributed by atoms with van der Waals surface area (Å²) in [6.45, 7) is 2.94. The second-order valence-electron chi connectivity index (χ2n) is 4.80. The van der Waals surface area contributed by atoms with Crippen molar-refractivity contribution in [1.82, 2.24) is 4.90 Å². The molecule has 1 fully saturated rings. The van der Waals surface area contributed by atoms with E-state index in [0.29, 0.717) is 23.7 Å². The van der Waals surface area contributed by atoms with Crippen LogP contribution in [0, 0.1) is 6.92 Å². The van der Waals surface area contributed by atoms with Crippen molar-refractivity contribution in [3.05, 3.63) is 34.3 Å². The van der Waals surface area contributed by atoms with Crippen LogP contribution in [0.4, 0.5) is 0 Å². The highest BCUT2D eigenvalue weighted by Gasteiger charge is 2.27. The molecular formula is C14H16ClNO4. The lowest BCUT2D eigenvalue weighted by atomic mass is 10.1. The van der Waals surface area contributed by atoms with E-state index in [-0.39, 0.29) is 18.9 Å². The number of carbonyl (C=O) groups is 2. The highest BCUT2D eigenvalue weighted by Crippen LogP contribution is 2.19. The van der Waals surface area contributed by atoms with Gasteiger partial charge < -0.3 is 14.7 Å². The van der Waals surface area contributed by atoms with Crippen LogP contribution in [0.15, 0.2) is 18.2 Å². The number of nitrogens with zero attached hydrogens (tertiary/aromatic N) is 1. The summed E-state index contributed by atoms with van der Waals surface area (Å²) < 4.78 is 5.36. The molecule has 1 atom stereocenters. The first-order chi connectivity index (χ1) is 9.47. The number of aryl methyl sites for hydroxylation is 1. The van der Waals surface area contributed by atoms with Gasteiger partial charge in [0.15, 0.2) is 0 Å². The molecule has 0 spiro atoms. The van der Waals surface area contributed by atoms with Gasteiger partial charge in [-0.15, -0.1) is 0 Å². The molecule has 0 bridgehead atoms. The molecule has 1 amide bonds. The second kappa shape index (κ2) is 6.24. The van der Waals surface area contributed by atoms with Crippen molar-refractivity contribution in [2.75, 3.05) is 19.7 Å². The molecule has 108 valence electrons. The highest BCUT2D eigenvalue weighted by atomic mass is 35.5. The molecule has 1 saturated heterocycles. The van der Waals surface area contributed by atoms with Crippen LogP contribution in [0.25, 0.3) is 0 Å². The maximum absolute atomic E-state index is 12.5. The number of benzene rings is 1. The number of carboxylic acid groups (broad SMARTS) is 1. The van der Waals surface area contributed by atoms with Gasteiger partial charge in [-0.05, 0) is 24.6 Å². The number of carbonyl (C=O) groups excluding carboxylic acids is 1. The first kappa shape index (κ1) is 14.8. The zero-order chi connectivity index (χ0) is 14.7. The van der Waals surface area contributed by atoms with Gasteiger partial charge in [-0.1, -0.05) is 17.7 Å². The van der Waals surface area contributed by atoms with Gasteiger partial charge in [0.05, 0.1) is 19.1 Å². The number of aliphatic carboxylic acids is 1. The lowest BCUT2D eigenvalue weighted by molar-refractivity contribution is -0.141. The van der Waals surface area contributed by atoms with Gasteiger partial charge >= 0.3 is 5.97 Å². The van der Waals surface area contributed by atoms with Gasteiger partial charge in [0, 0.05) is 23.7 Å². The molecule has 0 aliphatic carbocycles. The Hall–Kier alpha value is -1.59. The van der Waals surface area contributed by atoms with Gasteiger partial charge in [0.1, 0.15) is 0 Å². The summed E-state index contributed by atoms with van der Waals surface area (Å²) in [5.41, 5.74) is 1.40. The van der Waals surface area contributed by atoms with E-state index in [1.807, 2.05) is 6.92 Å². The molecular weight excluding hydrogens is 282 g/mol. The van der Waals surface area contributed by atoms with Crippen LogP contribution in [0.3, 0.4) is 0 Å². The second-order valence-corrected chi connectivity index (χ2v) is 5.24. The van der Waals surface area contributed by atoms with Crippen LogP contribution in [-0.4, -0.2) is 47.7 Å². The molecule has 1 aliphatic rings. The van der Waals surface area contributed by atoms with E-state index in [1.54, 1.807) is 23.1 Å². The van der Waals surface area contributed by atoms with E-state index >= 15 is 0 Å². The van der Waals surface area contributed by atoms with Gasteiger partial charge in [-0.3, -0.25) is 9.59 Å². The van der Waals surface area contributed by atoms with Crippen molar-refractivity contribution >= 4 is 23.5 Å². The Morgan fingerprint density at radius 3 is 2.95 bits per heavy atom. The lowest BCUT2D eigenvalue weighted by Crippen LogP contribution is -2.46. The third-order valence-corrected chi connectivity index (χ3v) is 3.49. The predicted octanol–water partition coefficient (Wildman–Crippen LogP) is 1.96. The fourth-order valence-electron chi connectivity index (χ4n) is 2.22. The standard InChI is InChI=1S/C14H16ClNO4/c1-9-2-3-10(15)6-12(9)14(19)16-4-5-20-11(8-16)7-13(17)18/h2-3,6,11H,4-5,7-8H2,1H3,(H,17,18). The topological polar surface area (TPSA) is 66.8 Å². The van der Waals surface area contributed by atoms with Crippen LogP contribution in [0.5, 0.6) is 0 Å². The SMILES string of the molecule is Cc1ccc(Cl)cc1C(=O)N1CCOC(CC(=O)O)C1. The molecule has 6 heteroatoms. The smallest absolute Gasteiger partial charge is 0.306 e. The summed E-state index contributed by atoms with van der Waals surface area (Å²) in [5.74, 6) is -1.06. The third-order valence-electron chi connectivity index (χ3n) is 3.26. The minimum absolute atomic E-state index is 0.0989. The normalized spacial score (nSPS) is 18.9. The maximum atomic E-state index is 12.5. The first-order valence-electron chi connectivity index (χ1n) is 6.36. The Balaban J connectivity index is 2.12. The Bertz CT molecular complexity index is 532. The maximum Gasteiger partial charge on any atom is 0.306 e. The zero-order valence-corrected chi connectivity index (χ0v) is 11.9. The monoisotopic (exact) mass is 297 g/mol. The number of carboxylic acids is 1. The molecule has 20 heavy (non-hydrogen) atoms. The molecule has 1 unspecified atom stereocenters. The number of hydrogen-bond donors (Lipinski definition) is 1. The van der Waals surface area contributed by atoms with Crippen molar-refractivity contribution < 1.29 is 19.4 Å². The Morgan fingerprint density at radius 2 is 2.25 bits per heavy atom. The number of halogens is 1. The molecule has 0 radical (unpaired) electrons. The van der Waals surface area contributed by atoms with Gasteiger partial charge in [0.2, 0.25) is 0 Å². The minimum atomic E-state index is -0.928. The summed E-state index contributed by atoms with van der Waals surface area (Å²) in [6, 6.07) is 5.17. The van der Waals surface area contributed by atoms with Crippen molar-refractivity contribution in [3.63, 3.8) is 0 Å². The number of ether oxygens (including phenoxy) is 1. The van der Waals surface area contributed by atoms with Gasteiger partial charge in [-0.25, -0.2) is 0 Å². The van der Waals surface area contributed by atoms with Crippen molar-refractivity contribution in [2.24, 2.45) is 0 Å². The van der Waals surface area contributed by atoms with Gasteiger partial charge in [0.25, 0.3) is 5.91 Å². The lowest BCUT2D eigenvalue weighted by Gasteiger charge is -2.32. The number of morpholine rings is 1. The van der Waals surface area contributed by atoms with E-state index in [1.165, 1.54) is 0 Å². The van der Waals surface area contributed by atoms with E-state index in [0.717, 1.165) is 5.56 Å². The Morgan fingerprint density at radius 1 is 1.50 bits per heavy atom. The molecule has 5 nitrogen and oxygen atoms in total. The number of amides is 1. The molecule has 1 aromatic rings. The quantitative estimate of drug-likeness (QED) is 0.926. The summed E-state index contributed by atoms with van der Waals surface area (Å²) in [5, 5.41) is 9.30. The van der Waals surface area contributed by atoms with E-state index in [9.17, 15) is 9.59 Å². The molecule has 1 N–H and O–H groups in total. The molecule has 1 aliphatic heterocycles. The third kappa shape index (κ3) is 3.49. The molecule has 2 rings (SSSR count). The fourth-order valence-corrected chi connectivity index (χ4v) is 2.39. The summed E-state index contributed by atoms with van der Waals surface area (Å²) in [7, 11) is 0. The average Bonchev–Trinajstić information content (AvgIpc) is 2.40. The van der Waals surface area contributed by atoms with Gasteiger partial charge in [-0.2, -0.15) is 0 Å². The van der Waals surface area contributed by atoms with Crippen molar-refractivity contribution in [2.45, 2.75) is 19.4 Å². The zero-order valence-electron chi connectivity index (χ0n) is 11.1. The molecule has 0 saturated carbocycles. The van der Waals surface area contributed by atoms with Crippen LogP contribution in [-0.2, 0) is 9.53 Å². The van der Waals surface area contributed by atoms with Crippen LogP contribution in [0.2, 0.25) is 5.02 Å². The minimum Gasteiger partial charge on any atom is -0.481 e. The van der Waals surface area contributed by atoms with E-state index in [2.05, 4.69) is 0 Å². The summed E-state index contributed by atoms with van der Waals surface area (Å²) >= 11 is 5.92. The highest BCUT2D eigenvalue weighted by molar-refractivity contribution is 6.31. The average molecular weight is 298 g/mol. The van der Waals surface area contributed by atoms with Crippen LogP contribution >= 0.6 is 11.6 Å². The van der Waals surface area contributed by atoms with Crippen molar-refractivity contribution in [3.8, 4) is 0 Å². The Kier molecular flexibility index (Phi) is 4.62. The van der Waals surface area contributed by atoms with Crippen LogP contribution < -0.4 is 0 Å². The van der Waals surface area contributed by atoms with Crippen molar-refractivity contribution in [1.29, 1.82) is 0 Å². The number of hydrogen-bond acceptors (Lipinski definition) is 3. The Labute approximate surface area is 122 Å². The largest absolute Gasteiger partial charge is 0.481 e. The first-order valence-corrected chi connectivity index (χ1v) is 6.74. The van der Waals surface area contributed by atoms with E-state index in [4.69, 9.17) is 21.4 Å². The number of rotatable bonds is 3. The predicted molar refractivity (Wildman–Crippen MR) is 74.1 cm³/mol. The molecule has 1 heterocycles. The summed E-state index contributed by atoms with van der Waals surface area (Å²) in [6.07, 6.45) is -0.553. The molecule has 0 aromatic heterocycles. The summed E-state index contributed by atoms with van der Waals surface area (Å²) in [4.78, 5) is 24.8.